The number of hydrogen-bond acceptors (Lipinski definition) is 5. The number of aromatic nitrogens is 3. The van der Waals surface area contributed by atoms with Crippen LogP contribution in [0.5, 0.6) is 0 Å². The first-order valence-electron chi connectivity index (χ1n) is 6.58. The Morgan fingerprint density at radius 3 is 2.76 bits per heavy atom. The lowest BCUT2D eigenvalue weighted by Gasteiger charge is -2.11. The molecule has 0 spiro atoms. The van der Waals surface area contributed by atoms with Crippen molar-refractivity contribution in [3.63, 3.8) is 0 Å². The number of halogens is 4. The van der Waals surface area contributed by atoms with Crippen LogP contribution in [0.15, 0.2) is 30.8 Å². The first-order valence-corrected chi connectivity index (χ1v) is 6.95. The third kappa shape index (κ3) is 4.07. The van der Waals surface area contributed by atoms with Gasteiger partial charge in [-0.2, -0.15) is 28.2 Å². The molecular formula is C14H9ClF3N5O2. The summed E-state index contributed by atoms with van der Waals surface area (Å²) in [7, 11) is 0. The zero-order chi connectivity index (χ0) is 18.6. The smallest absolute Gasteiger partial charge is 0.417 e. The fraction of sp³-hybridized carbons (Fsp3) is 0.143. The van der Waals surface area contributed by atoms with Gasteiger partial charge in [-0.15, -0.1) is 0 Å². The van der Waals surface area contributed by atoms with E-state index in [0.29, 0.717) is 12.3 Å². The van der Waals surface area contributed by atoms with Crippen LogP contribution in [-0.4, -0.2) is 20.9 Å². The van der Waals surface area contributed by atoms with E-state index >= 15 is 0 Å². The van der Waals surface area contributed by atoms with E-state index in [0.717, 1.165) is 17.1 Å². The van der Waals surface area contributed by atoms with Crippen molar-refractivity contribution >= 4 is 23.5 Å². The van der Waals surface area contributed by atoms with Gasteiger partial charge in [0.15, 0.2) is 11.6 Å². The predicted octanol–water partition coefficient (Wildman–Crippen LogP) is 3.89. The van der Waals surface area contributed by atoms with Crippen molar-refractivity contribution in [2.24, 2.45) is 0 Å². The Balaban J connectivity index is 2.45. The van der Waals surface area contributed by atoms with Crippen LogP contribution in [0.25, 0.3) is 5.82 Å². The van der Waals surface area contributed by atoms with E-state index < -0.39 is 17.8 Å². The van der Waals surface area contributed by atoms with Gasteiger partial charge in [0, 0.05) is 6.20 Å². The Hall–Kier alpha value is -3.06. The molecular weight excluding hydrogens is 363 g/mol. The highest BCUT2D eigenvalue weighted by Gasteiger charge is 2.32. The highest BCUT2D eigenvalue weighted by atomic mass is 35.5. The standard InChI is InChI=1S/C14H9ClF3N5O2/c1-2-3-25-13(24)22-11-8(5-19)6-21-23(11)12-10(15)4-9(7-20-12)14(16,17)18/h2-4,6-7H,1H3,(H,22,24). The number of ether oxygens (including phenoxy) is 1. The molecule has 0 aliphatic heterocycles. The summed E-state index contributed by atoms with van der Waals surface area (Å²) in [5, 5.41) is 14.8. The van der Waals surface area contributed by atoms with E-state index in [2.05, 4.69) is 20.1 Å². The summed E-state index contributed by atoms with van der Waals surface area (Å²) >= 11 is 5.85. The number of allylic oxidation sites excluding steroid dienone is 1. The van der Waals surface area contributed by atoms with E-state index in [4.69, 9.17) is 16.9 Å². The van der Waals surface area contributed by atoms with Crippen LogP contribution in [0.1, 0.15) is 18.1 Å². The summed E-state index contributed by atoms with van der Waals surface area (Å²) in [4.78, 5) is 15.3. The maximum Gasteiger partial charge on any atom is 0.417 e. The summed E-state index contributed by atoms with van der Waals surface area (Å²) < 4.78 is 43.7. The number of pyridine rings is 1. The van der Waals surface area contributed by atoms with Crippen LogP contribution in [0.3, 0.4) is 0 Å². The largest absolute Gasteiger partial charge is 0.418 e. The van der Waals surface area contributed by atoms with Crippen LogP contribution in [-0.2, 0) is 10.9 Å². The van der Waals surface area contributed by atoms with Crippen LogP contribution in [0, 0.1) is 11.3 Å². The number of carbonyl (C=O) groups excluding carboxylic acids is 1. The van der Waals surface area contributed by atoms with Gasteiger partial charge < -0.3 is 4.74 Å². The summed E-state index contributed by atoms with van der Waals surface area (Å²) in [5.41, 5.74) is -1.11. The van der Waals surface area contributed by atoms with Crippen molar-refractivity contribution < 1.29 is 22.7 Å². The maximum atomic E-state index is 12.7. The van der Waals surface area contributed by atoms with Crippen molar-refractivity contribution in [3.8, 4) is 11.9 Å². The lowest BCUT2D eigenvalue weighted by Crippen LogP contribution is -2.16. The molecule has 0 aliphatic carbocycles. The second kappa shape index (κ2) is 7.23. The van der Waals surface area contributed by atoms with Gasteiger partial charge in [-0.25, -0.2) is 9.78 Å². The lowest BCUT2D eigenvalue weighted by molar-refractivity contribution is -0.137. The average Bonchev–Trinajstić information content (AvgIpc) is 2.94. The molecule has 2 heterocycles. The minimum absolute atomic E-state index is 0.0600. The third-order valence-corrected chi connectivity index (χ3v) is 3.05. The summed E-state index contributed by atoms with van der Waals surface area (Å²) in [6, 6.07) is 2.45. The van der Waals surface area contributed by atoms with E-state index in [-0.39, 0.29) is 22.2 Å². The van der Waals surface area contributed by atoms with Gasteiger partial charge in [0.25, 0.3) is 0 Å². The molecule has 0 unspecified atom stereocenters. The average molecular weight is 372 g/mol. The molecule has 0 radical (unpaired) electrons. The van der Waals surface area contributed by atoms with Crippen molar-refractivity contribution in [1.82, 2.24) is 14.8 Å². The quantitative estimate of drug-likeness (QED) is 0.826. The number of hydrogen-bond donors (Lipinski definition) is 1. The van der Waals surface area contributed by atoms with Crippen molar-refractivity contribution in [3.05, 3.63) is 46.9 Å². The van der Waals surface area contributed by atoms with Crippen LogP contribution in [0.4, 0.5) is 23.8 Å². The van der Waals surface area contributed by atoms with Gasteiger partial charge in [0.05, 0.1) is 23.0 Å². The first kappa shape index (κ1) is 18.3. The van der Waals surface area contributed by atoms with Crippen molar-refractivity contribution in [2.45, 2.75) is 13.1 Å². The van der Waals surface area contributed by atoms with Crippen molar-refractivity contribution in [2.75, 3.05) is 5.32 Å². The highest BCUT2D eigenvalue weighted by Crippen LogP contribution is 2.32. The van der Waals surface area contributed by atoms with Gasteiger partial charge >= 0.3 is 12.3 Å². The Bertz CT molecular complexity index is 870. The third-order valence-electron chi connectivity index (χ3n) is 2.77. The van der Waals surface area contributed by atoms with Gasteiger partial charge in [-0.1, -0.05) is 17.7 Å². The molecule has 0 fully saturated rings. The Labute approximate surface area is 144 Å². The van der Waals surface area contributed by atoms with Crippen molar-refractivity contribution in [1.29, 1.82) is 5.26 Å². The minimum Gasteiger partial charge on any atom is -0.418 e. The topological polar surface area (TPSA) is 92.8 Å². The molecule has 1 N–H and O–H groups in total. The molecule has 130 valence electrons. The number of amides is 1. The van der Waals surface area contributed by atoms with Gasteiger partial charge in [0.2, 0.25) is 0 Å². The second-order valence-electron chi connectivity index (χ2n) is 4.46. The molecule has 2 aromatic heterocycles. The Morgan fingerprint density at radius 2 is 2.20 bits per heavy atom. The van der Waals surface area contributed by atoms with Gasteiger partial charge in [0.1, 0.15) is 11.6 Å². The molecule has 2 rings (SSSR count). The van der Waals surface area contributed by atoms with E-state index in [1.807, 2.05) is 0 Å². The van der Waals surface area contributed by atoms with E-state index in [1.165, 1.54) is 6.08 Å². The molecule has 0 bridgehead atoms. The highest BCUT2D eigenvalue weighted by molar-refractivity contribution is 6.32. The maximum absolute atomic E-state index is 12.7. The van der Waals surface area contributed by atoms with Crippen LogP contribution >= 0.6 is 11.6 Å². The zero-order valence-electron chi connectivity index (χ0n) is 12.5. The predicted molar refractivity (Wildman–Crippen MR) is 81.0 cm³/mol. The molecule has 0 atom stereocenters. The summed E-state index contributed by atoms with van der Waals surface area (Å²) in [6.45, 7) is 1.62. The fourth-order valence-corrected chi connectivity index (χ4v) is 1.96. The van der Waals surface area contributed by atoms with Crippen LogP contribution < -0.4 is 5.32 Å². The molecule has 25 heavy (non-hydrogen) atoms. The number of alkyl halides is 3. The molecule has 0 saturated carbocycles. The number of nitriles is 1. The molecule has 2 aromatic rings. The monoisotopic (exact) mass is 371 g/mol. The van der Waals surface area contributed by atoms with Crippen LogP contribution in [0.2, 0.25) is 5.02 Å². The molecule has 7 nitrogen and oxygen atoms in total. The lowest BCUT2D eigenvalue weighted by atomic mass is 10.3. The SMILES string of the molecule is CC=COC(=O)Nc1c(C#N)cnn1-c1ncc(C(F)(F)F)cc1Cl. The molecule has 0 saturated heterocycles. The number of nitrogens with one attached hydrogen (secondary N) is 1. The molecule has 11 heteroatoms. The fourth-order valence-electron chi connectivity index (χ4n) is 1.71. The second-order valence-corrected chi connectivity index (χ2v) is 4.86. The summed E-state index contributed by atoms with van der Waals surface area (Å²) in [6.07, 6.45) is -1.33. The normalized spacial score (nSPS) is 11.4. The van der Waals surface area contributed by atoms with E-state index in [9.17, 15) is 18.0 Å². The van der Waals surface area contributed by atoms with Gasteiger partial charge in [-0.05, 0) is 13.0 Å². The Kier molecular flexibility index (Phi) is 5.29. The first-order chi connectivity index (χ1) is 11.8. The number of nitrogens with zero attached hydrogens (tertiary/aromatic N) is 4. The summed E-state index contributed by atoms with van der Waals surface area (Å²) in [5.74, 6) is -0.344. The number of carbonyl (C=O) groups is 1. The number of rotatable bonds is 3. The Morgan fingerprint density at radius 1 is 1.48 bits per heavy atom. The van der Waals surface area contributed by atoms with E-state index in [1.54, 1.807) is 13.0 Å². The van der Waals surface area contributed by atoms with Gasteiger partial charge in [-0.3, -0.25) is 5.32 Å². The number of anilines is 1. The zero-order valence-corrected chi connectivity index (χ0v) is 13.3. The molecule has 0 aromatic carbocycles. The molecule has 0 aliphatic rings. The molecule has 1 amide bonds. The minimum atomic E-state index is -4.62.